The standard InChI is InChI=1S/C6H12O2S.C4H8O2.H2O3S/c1-2-3-6(7)8-4-5-9;1-2-3-4(5)6;1-4(2)3/h9H,2-5H2,1H3;2-3H2,1H3,(H,5,6);(H2,1,2,3)/p-1. The number of thiol groups is 1. The molecule has 0 fully saturated rings. The first-order valence-electron chi connectivity index (χ1n) is 5.58. The van der Waals surface area contributed by atoms with Gasteiger partial charge in [-0.05, 0) is 12.8 Å². The third-order valence-corrected chi connectivity index (χ3v) is 1.45. The quantitative estimate of drug-likeness (QED) is 0.385. The van der Waals surface area contributed by atoms with Crippen LogP contribution in [0, 0.1) is 0 Å². The van der Waals surface area contributed by atoms with E-state index in [4.69, 9.17) is 23.2 Å². The minimum absolute atomic E-state index is 0.119. The maximum absolute atomic E-state index is 10.5. The summed E-state index contributed by atoms with van der Waals surface area (Å²) in [5, 5.41) is 7.91. The highest BCUT2D eigenvalue weighted by Crippen LogP contribution is 1.90. The third kappa shape index (κ3) is 46.7. The minimum atomic E-state index is -2.86. The lowest BCUT2D eigenvalue weighted by Crippen LogP contribution is -2.05. The summed E-state index contributed by atoms with van der Waals surface area (Å²) in [5.74, 6) is -0.223. The lowest BCUT2D eigenvalue weighted by molar-refractivity contribution is -0.143. The highest BCUT2D eigenvalue weighted by atomic mass is 32.2. The van der Waals surface area contributed by atoms with Gasteiger partial charge in [0.15, 0.2) is 0 Å². The molecule has 0 aliphatic heterocycles. The average Bonchev–Trinajstić information content (AvgIpc) is 2.26. The zero-order valence-electron chi connectivity index (χ0n) is 11.0. The van der Waals surface area contributed by atoms with E-state index in [1.54, 1.807) is 0 Å². The number of hydrogen-bond acceptors (Lipinski definition) is 6. The summed E-state index contributed by atoms with van der Waals surface area (Å²) in [6, 6.07) is 0. The fourth-order valence-electron chi connectivity index (χ4n) is 0.650. The number of aliphatic carboxylic acids is 1. The van der Waals surface area contributed by atoms with Gasteiger partial charge in [0.1, 0.15) is 6.61 Å². The summed E-state index contributed by atoms with van der Waals surface area (Å²) < 4.78 is 28.8. The van der Waals surface area contributed by atoms with Crippen molar-refractivity contribution in [2.75, 3.05) is 12.4 Å². The molecule has 0 saturated carbocycles. The molecule has 0 radical (unpaired) electrons. The van der Waals surface area contributed by atoms with Gasteiger partial charge in [-0.2, -0.15) is 12.6 Å². The van der Waals surface area contributed by atoms with Crippen LogP contribution >= 0.6 is 12.6 Å². The number of carbonyl (C=O) groups excluding carboxylic acids is 1. The topological polar surface area (TPSA) is 124 Å². The van der Waals surface area contributed by atoms with Crippen LogP contribution in [0.3, 0.4) is 0 Å². The van der Waals surface area contributed by atoms with Gasteiger partial charge in [0.05, 0.1) is 11.4 Å². The predicted molar refractivity (Wildman–Crippen MR) is 73.8 cm³/mol. The molecule has 9 heteroatoms. The molecule has 2 N–H and O–H groups in total. The number of carboxylic acid groups (broad SMARTS) is 1. The van der Waals surface area contributed by atoms with Crippen LogP contribution in [-0.2, 0) is 25.7 Å². The van der Waals surface area contributed by atoms with Gasteiger partial charge in [0, 0.05) is 18.6 Å². The summed E-state index contributed by atoms with van der Waals surface area (Å²) in [4.78, 5) is 20.1. The second kappa shape index (κ2) is 19.7. The Hall–Kier alpha value is -0.640. The van der Waals surface area contributed by atoms with Crippen molar-refractivity contribution in [3.05, 3.63) is 0 Å². The SMILES string of the molecule is CCCC(=O)O.CCCC(=O)OCCS.O=S([O-])O. The number of rotatable bonds is 6. The zero-order valence-corrected chi connectivity index (χ0v) is 12.7. The van der Waals surface area contributed by atoms with E-state index < -0.39 is 17.3 Å². The Morgan fingerprint density at radius 2 is 1.68 bits per heavy atom. The fourth-order valence-corrected chi connectivity index (χ4v) is 0.741. The molecule has 0 rings (SSSR count). The summed E-state index contributed by atoms with van der Waals surface area (Å²) in [5.41, 5.74) is 0. The molecule has 7 nitrogen and oxygen atoms in total. The van der Waals surface area contributed by atoms with E-state index in [2.05, 4.69) is 12.6 Å². The molecule has 0 aromatic carbocycles. The van der Waals surface area contributed by atoms with Gasteiger partial charge < -0.3 is 18.9 Å². The first-order chi connectivity index (χ1) is 8.81. The fraction of sp³-hybridized carbons (Fsp3) is 0.800. The van der Waals surface area contributed by atoms with E-state index >= 15 is 0 Å². The molecule has 0 heterocycles. The van der Waals surface area contributed by atoms with Crippen LogP contribution in [0.15, 0.2) is 0 Å². The van der Waals surface area contributed by atoms with Crippen molar-refractivity contribution in [2.45, 2.75) is 39.5 Å². The number of carbonyl (C=O) groups is 2. The highest BCUT2D eigenvalue weighted by molar-refractivity contribution is 7.80. The smallest absolute Gasteiger partial charge is 0.305 e. The number of esters is 1. The van der Waals surface area contributed by atoms with Crippen molar-refractivity contribution in [3.8, 4) is 0 Å². The van der Waals surface area contributed by atoms with Gasteiger partial charge in [-0.25, -0.2) is 4.21 Å². The van der Waals surface area contributed by atoms with Crippen LogP contribution < -0.4 is 0 Å². The Bertz CT molecular complexity index is 242. The molecular formula is C10H21O7S2-. The number of hydrogen-bond donors (Lipinski definition) is 3. The molecule has 0 saturated heterocycles. The molecule has 116 valence electrons. The second-order valence-corrected chi connectivity index (χ2v) is 3.94. The molecule has 1 atom stereocenters. The van der Waals surface area contributed by atoms with E-state index in [9.17, 15) is 9.59 Å². The van der Waals surface area contributed by atoms with Crippen LogP contribution in [0.25, 0.3) is 0 Å². The van der Waals surface area contributed by atoms with Gasteiger partial charge in [-0.1, -0.05) is 13.8 Å². The Morgan fingerprint density at radius 3 is 1.89 bits per heavy atom. The molecule has 0 bridgehead atoms. The van der Waals surface area contributed by atoms with Crippen molar-refractivity contribution in [1.82, 2.24) is 0 Å². The Balaban J connectivity index is -0.000000222. The molecule has 0 aliphatic rings. The first kappa shape index (κ1) is 23.5. The number of carboxylic acids is 1. The van der Waals surface area contributed by atoms with Crippen LogP contribution in [0.5, 0.6) is 0 Å². The molecule has 0 aliphatic carbocycles. The molecule has 0 amide bonds. The molecular weight excluding hydrogens is 296 g/mol. The van der Waals surface area contributed by atoms with Crippen LogP contribution in [0.1, 0.15) is 39.5 Å². The molecule has 19 heavy (non-hydrogen) atoms. The predicted octanol–water partition coefficient (Wildman–Crippen LogP) is 1.47. The number of ether oxygens (including phenoxy) is 1. The van der Waals surface area contributed by atoms with Crippen molar-refractivity contribution in [1.29, 1.82) is 0 Å². The van der Waals surface area contributed by atoms with Crippen molar-refractivity contribution >= 4 is 35.9 Å². The highest BCUT2D eigenvalue weighted by Gasteiger charge is 1.97. The van der Waals surface area contributed by atoms with Gasteiger partial charge in [0.25, 0.3) is 0 Å². The maximum atomic E-state index is 10.5. The summed E-state index contributed by atoms with van der Waals surface area (Å²) >= 11 is 1.03. The summed E-state index contributed by atoms with van der Waals surface area (Å²) in [6.45, 7) is 4.22. The van der Waals surface area contributed by atoms with E-state index in [1.165, 1.54) is 0 Å². The Labute approximate surface area is 121 Å². The van der Waals surface area contributed by atoms with E-state index in [1.807, 2.05) is 13.8 Å². The molecule has 1 unspecified atom stereocenters. The summed E-state index contributed by atoms with van der Waals surface area (Å²) in [7, 11) is 0. The largest absolute Gasteiger partial charge is 0.750 e. The van der Waals surface area contributed by atoms with Gasteiger partial charge in [-0.3, -0.25) is 9.59 Å². The Kier molecular flexibility index (Phi) is 24.3. The van der Waals surface area contributed by atoms with Crippen molar-refractivity contribution in [2.24, 2.45) is 0 Å². The first-order valence-corrected chi connectivity index (χ1v) is 7.24. The van der Waals surface area contributed by atoms with Gasteiger partial charge >= 0.3 is 11.9 Å². The Morgan fingerprint density at radius 1 is 1.26 bits per heavy atom. The zero-order chi connectivity index (χ0) is 15.7. The second-order valence-electron chi connectivity index (χ2n) is 3.05. The average molecular weight is 317 g/mol. The normalized spacial score (nSPS) is 10.2. The lowest BCUT2D eigenvalue weighted by Gasteiger charge is -1.98. The van der Waals surface area contributed by atoms with Gasteiger partial charge in [0.2, 0.25) is 0 Å². The van der Waals surface area contributed by atoms with E-state index in [0.717, 1.165) is 12.8 Å². The maximum Gasteiger partial charge on any atom is 0.305 e. The minimum Gasteiger partial charge on any atom is -0.750 e. The van der Waals surface area contributed by atoms with Crippen LogP contribution in [0.4, 0.5) is 0 Å². The van der Waals surface area contributed by atoms with Crippen molar-refractivity contribution < 1.29 is 32.7 Å². The van der Waals surface area contributed by atoms with Crippen molar-refractivity contribution in [3.63, 3.8) is 0 Å². The lowest BCUT2D eigenvalue weighted by atomic mass is 10.3. The molecule has 0 aromatic rings. The van der Waals surface area contributed by atoms with E-state index in [0.29, 0.717) is 25.2 Å². The molecule has 0 aromatic heterocycles. The van der Waals surface area contributed by atoms with Gasteiger partial charge in [-0.15, -0.1) is 0 Å². The molecule has 0 spiro atoms. The monoisotopic (exact) mass is 317 g/mol. The van der Waals surface area contributed by atoms with E-state index in [-0.39, 0.29) is 5.97 Å². The third-order valence-electron chi connectivity index (χ3n) is 1.27. The van der Waals surface area contributed by atoms with Crippen LogP contribution in [0.2, 0.25) is 0 Å². The summed E-state index contributed by atoms with van der Waals surface area (Å²) in [6.07, 6.45) is 2.40. The van der Waals surface area contributed by atoms with Crippen LogP contribution in [-0.4, -0.2) is 42.7 Å².